The molecule has 1 saturated heterocycles. The number of unbranched alkanes of at least 4 members (excludes halogenated alkanes) is 1. The third kappa shape index (κ3) is 8.04. The summed E-state index contributed by atoms with van der Waals surface area (Å²) >= 11 is 0. The lowest BCUT2D eigenvalue weighted by atomic mass is 9.89. The van der Waals surface area contributed by atoms with E-state index in [4.69, 9.17) is 9.47 Å². The van der Waals surface area contributed by atoms with Crippen LogP contribution in [0.2, 0.25) is 0 Å². The molecule has 1 N–H and O–H groups in total. The molecule has 0 atom stereocenters. The number of ether oxygens (including phenoxy) is 2. The number of carbonyl (C=O) groups is 1. The van der Waals surface area contributed by atoms with Crippen LogP contribution >= 0.6 is 0 Å². The van der Waals surface area contributed by atoms with Gasteiger partial charge < -0.3 is 14.8 Å². The standard InChI is InChI=1S/C17H23NO2.C8H10N2O.C4H10/c1-13-5-6-16-14(11-13)12-19-17(20-16)7-9-18(10-8-17)15-3-2-4-15;1-2-8(11)10-7-3-5-9-6-4-7;1-3-4-2/h5-6,11,15H,2-4,7-10,12H2,1H3;3-6H,2H2,1H3,(H,9,10,11);3-4H2,1-2H3. The zero-order valence-corrected chi connectivity index (χ0v) is 22.0. The summed E-state index contributed by atoms with van der Waals surface area (Å²) in [6.07, 6.45) is 12.6. The Morgan fingerprint density at radius 2 is 1.77 bits per heavy atom. The normalized spacial score (nSPS) is 18.5. The first kappa shape index (κ1) is 27.2. The van der Waals surface area contributed by atoms with Gasteiger partial charge in [0.2, 0.25) is 11.7 Å². The minimum atomic E-state index is -0.359. The van der Waals surface area contributed by atoms with E-state index in [0.29, 0.717) is 13.0 Å². The molecule has 6 nitrogen and oxygen atoms in total. The van der Waals surface area contributed by atoms with Crippen LogP contribution in [0.4, 0.5) is 5.69 Å². The molecular formula is C29H43N3O3. The van der Waals surface area contributed by atoms with Crippen molar-refractivity contribution < 1.29 is 14.3 Å². The van der Waals surface area contributed by atoms with E-state index in [1.807, 2.05) is 6.92 Å². The number of aromatic nitrogens is 1. The van der Waals surface area contributed by atoms with E-state index in [9.17, 15) is 4.79 Å². The van der Waals surface area contributed by atoms with E-state index in [2.05, 4.69) is 54.2 Å². The van der Waals surface area contributed by atoms with E-state index < -0.39 is 0 Å². The summed E-state index contributed by atoms with van der Waals surface area (Å²) in [4.78, 5) is 17.3. The number of piperidine rings is 1. The van der Waals surface area contributed by atoms with Gasteiger partial charge in [-0.1, -0.05) is 57.7 Å². The number of amides is 1. The van der Waals surface area contributed by atoms with Gasteiger partial charge in [0.1, 0.15) is 5.75 Å². The Bertz CT molecular complexity index is 905. The van der Waals surface area contributed by atoms with Crippen molar-refractivity contribution in [3.05, 3.63) is 53.9 Å². The average molecular weight is 482 g/mol. The Labute approximate surface area is 211 Å². The molecule has 1 aromatic carbocycles. The number of hydrogen-bond donors (Lipinski definition) is 1. The third-order valence-corrected chi connectivity index (χ3v) is 6.94. The molecule has 0 radical (unpaired) electrons. The lowest BCUT2D eigenvalue weighted by Crippen LogP contribution is -2.54. The fourth-order valence-corrected chi connectivity index (χ4v) is 4.27. The molecular weight excluding hydrogens is 438 g/mol. The van der Waals surface area contributed by atoms with Crippen LogP contribution in [0.5, 0.6) is 5.75 Å². The zero-order chi connectivity index (χ0) is 25.1. The van der Waals surface area contributed by atoms with E-state index in [1.54, 1.807) is 24.5 Å². The van der Waals surface area contributed by atoms with Gasteiger partial charge in [0.25, 0.3) is 0 Å². The Kier molecular flexibility index (Phi) is 10.5. The monoisotopic (exact) mass is 481 g/mol. The molecule has 1 aliphatic carbocycles. The second-order valence-electron chi connectivity index (χ2n) is 9.67. The topological polar surface area (TPSA) is 63.7 Å². The predicted molar refractivity (Wildman–Crippen MR) is 142 cm³/mol. The number of rotatable bonds is 4. The number of likely N-dealkylation sites (tertiary alicyclic amines) is 1. The van der Waals surface area contributed by atoms with Crippen molar-refractivity contribution in [2.75, 3.05) is 18.4 Å². The first-order chi connectivity index (χ1) is 17.0. The van der Waals surface area contributed by atoms with Crippen LogP contribution in [0.15, 0.2) is 42.7 Å². The van der Waals surface area contributed by atoms with Gasteiger partial charge in [-0.2, -0.15) is 0 Å². The molecule has 1 saturated carbocycles. The Hall–Kier alpha value is -2.44. The van der Waals surface area contributed by atoms with Gasteiger partial charge in [0.05, 0.1) is 6.61 Å². The summed E-state index contributed by atoms with van der Waals surface area (Å²) < 4.78 is 12.4. The molecule has 6 heteroatoms. The largest absolute Gasteiger partial charge is 0.462 e. The van der Waals surface area contributed by atoms with Crippen LogP contribution < -0.4 is 10.1 Å². The molecule has 1 amide bonds. The van der Waals surface area contributed by atoms with Crippen molar-refractivity contribution in [2.45, 2.75) is 97.5 Å². The zero-order valence-electron chi connectivity index (χ0n) is 22.0. The number of aryl methyl sites for hydroxylation is 1. The lowest BCUT2D eigenvalue weighted by Gasteiger charge is -2.47. The summed E-state index contributed by atoms with van der Waals surface area (Å²) in [7, 11) is 0. The Balaban J connectivity index is 0.000000193. The van der Waals surface area contributed by atoms with Crippen LogP contribution in [0.25, 0.3) is 0 Å². The maximum atomic E-state index is 10.8. The summed E-state index contributed by atoms with van der Waals surface area (Å²) in [5.41, 5.74) is 3.26. The number of benzene rings is 1. The van der Waals surface area contributed by atoms with Crippen molar-refractivity contribution in [1.29, 1.82) is 0 Å². The summed E-state index contributed by atoms with van der Waals surface area (Å²) in [6.45, 7) is 11.2. The van der Waals surface area contributed by atoms with Gasteiger partial charge in [-0.05, 0) is 38.0 Å². The first-order valence-corrected chi connectivity index (χ1v) is 13.3. The number of pyridine rings is 1. The second-order valence-corrected chi connectivity index (χ2v) is 9.67. The highest BCUT2D eigenvalue weighted by Crippen LogP contribution is 2.39. The quantitative estimate of drug-likeness (QED) is 0.541. The number of nitrogens with zero attached hydrogens (tertiary/aromatic N) is 2. The van der Waals surface area contributed by atoms with Crippen molar-refractivity contribution >= 4 is 11.6 Å². The van der Waals surface area contributed by atoms with Crippen molar-refractivity contribution in [3.8, 4) is 5.75 Å². The number of carbonyl (C=O) groups excluding carboxylic acids is 1. The van der Waals surface area contributed by atoms with Gasteiger partial charge in [-0.15, -0.1) is 0 Å². The molecule has 3 heterocycles. The van der Waals surface area contributed by atoms with E-state index in [-0.39, 0.29) is 11.7 Å². The summed E-state index contributed by atoms with van der Waals surface area (Å²) in [5.74, 6) is 0.692. The molecule has 1 aromatic heterocycles. The predicted octanol–water partition coefficient (Wildman–Crippen LogP) is 6.49. The van der Waals surface area contributed by atoms with Crippen LogP contribution in [0.3, 0.4) is 0 Å². The number of nitrogens with one attached hydrogen (secondary N) is 1. The molecule has 35 heavy (non-hydrogen) atoms. The average Bonchev–Trinajstić information content (AvgIpc) is 2.86. The van der Waals surface area contributed by atoms with Gasteiger partial charge in [0, 0.05) is 62.0 Å². The molecule has 192 valence electrons. The molecule has 5 rings (SSSR count). The van der Waals surface area contributed by atoms with Gasteiger partial charge in [0.15, 0.2) is 0 Å². The summed E-state index contributed by atoms with van der Waals surface area (Å²) in [5, 5.41) is 2.71. The van der Waals surface area contributed by atoms with Crippen LogP contribution in [-0.4, -0.2) is 40.7 Å². The molecule has 3 aliphatic rings. The molecule has 2 aromatic rings. The minimum absolute atomic E-state index is 0.0243. The molecule has 0 bridgehead atoms. The van der Waals surface area contributed by atoms with Crippen LogP contribution in [-0.2, 0) is 16.1 Å². The molecule has 0 unspecified atom stereocenters. The smallest absolute Gasteiger partial charge is 0.224 e. The van der Waals surface area contributed by atoms with Crippen molar-refractivity contribution in [2.24, 2.45) is 0 Å². The van der Waals surface area contributed by atoms with Gasteiger partial charge in [-0.3, -0.25) is 14.7 Å². The minimum Gasteiger partial charge on any atom is -0.462 e. The highest BCUT2D eigenvalue weighted by Gasteiger charge is 2.42. The van der Waals surface area contributed by atoms with Gasteiger partial charge in [-0.25, -0.2) is 0 Å². The molecule has 2 aliphatic heterocycles. The number of anilines is 1. The van der Waals surface area contributed by atoms with E-state index >= 15 is 0 Å². The van der Waals surface area contributed by atoms with E-state index in [0.717, 1.165) is 43.4 Å². The van der Waals surface area contributed by atoms with Gasteiger partial charge >= 0.3 is 0 Å². The fraction of sp³-hybridized carbons (Fsp3) is 0.586. The second kappa shape index (κ2) is 13.6. The third-order valence-electron chi connectivity index (χ3n) is 6.94. The van der Waals surface area contributed by atoms with Crippen molar-refractivity contribution in [1.82, 2.24) is 9.88 Å². The maximum Gasteiger partial charge on any atom is 0.224 e. The molecule has 1 spiro atoms. The highest BCUT2D eigenvalue weighted by atomic mass is 16.7. The van der Waals surface area contributed by atoms with Crippen LogP contribution in [0, 0.1) is 6.92 Å². The Morgan fingerprint density at radius 1 is 1.09 bits per heavy atom. The first-order valence-electron chi connectivity index (χ1n) is 13.3. The highest BCUT2D eigenvalue weighted by molar-refractivity contribution is 5.90. The Morgan fingerprint density at radius 3 is 2.34 bits per heavy atom. The van der Waals surface area contributed by atoms with Crippen LogP contribution in [0.1, 0.15) is 83.3 Å². The fourth-order valence-electron chi connectivity index (χ4n) is 4.27. The van der Waals surface area contributed by atoms with E-state index in [1.165, 1.54) is 43.2 Å². The number of fused-ring (bicyclic) bond motifs is 1. The van der Waals surface area contributed by atoms with Crippen molar-refractivity contribution in [3.63, 3.8) is 0 Å². The summed E-state index contributed by atoms with van der Waals surface area (Å²) in [6, 6.07) is 10.8. The molecule has 2 fully saturated rings. The SMILES string of the molecule is CCC(=O)Nc1ccncc1.CCCC.Cc1ccc2c(c1)COC1(CCN(C3CCC3)CC1)O2. The number of hydrogen-bond acceptors (Lipinski definition) is 5. The lowest BCUT2D eigenvalue weighted by molar-refractivity contribution is -0.231. The maximum absolute atomic E-state index is 10.8.